The predicted molar refractivity (Wildman–Crippen MR) is 95.1 cm³/mol. The molecule has 1 saturated heterocycles. The molecule has 8 heteroatoms. The predicted octanol–water partition coefficient (Wildman–Crippen LogP) is 2.41. The topological polar surface area (TPSA) is 75.7 Å². The van der Waals surface area contributed by atoms with E-state index in [1.54, 1.807) is 13.0 Å². The Morgan fingerprint density at radius 1 is 1.12 bits per heavy atom. The third-order valence-electron chi connectivity index (χ3n) is 4.17. The highest BCUT2D eigenvalue weighted by atomic mass is 32.2. The number of amides is 1. The molecule has 0 unspecified atom stereocenters. The number of anilines is 1. The molecular weight excluding hydrogens is 359 g/mol. The summed E-state index contributed by atoms with van der Waals surface area (Å²) in [6.45, 7) is 3.09. The third-order valence-corrected chi connectivity index (χ3v) is 6.07. The first-order valence-electron chi connectivity index (χ1n) is 8.13. The minimum atomic E-state index is -3.65. The van der Waals surface area contributed by atoms with Crippen LogP contribution in [0.25, 0.3) is 0 Å². The van der Waals surface area contributed by atoms with Gasteiger partial charge in [-0.2, -0.15) is 4.31 Å². The van der Waals surface area contributed by atoms with E-state index in [2.05, 4.69) is 5.32 Å². The number of carbonyl (C=O) groups is 1. The Hall–Kier alpha value is -2.29. The van der Waals surface area contributed by atoms with Gasteiger partial charge in [-0.05, 0) is 48.9 Å². The maximum Gasteiger partial charge on any atom is 0.255 e. The number of benzene rings is 2. The number of nitrogens with one attached hydrogen (secondary N) is 1. The van der Waals surface area contributed by atoms with E-state index in [0.29, 0.717) is 32.0 Å². The first-order valence-corrected chi connectivity index (χ1v) is 9.57. The molecule has 2 aromatic rings. The fraction of sp³-hybridized carbons (Fsp3) is 0.278. The quantitative estimate of drug-likeness (QED) is 0.887. The smallest absolute Gasteiger partial charge is 0.255 e. The lowest BCUT2D eigenvalue weighted by Gasteiger charge is -2.26. The average Bonchev–Trinajstić information content (AvgIpc) is 2.64. The molecule has 6 nitrogen and oxygen atoms in total. The van der Waals surface area contributed by atoms with Crippen molar-refractivity contribution in [1.82, 2.24) is 4.31 Å². The van der Waals surface area contributed by atoms with Crippen LogP contribution in [-0.2, 0) is 14.8 Å². The molecule has 0 radical (unpaired) electrons. The fourth-order valence-electron chi connectivity index (χ4n) is 2.63. The zero-order chi connectivity index (χ0) is 18.7. The molecule has 0 atom stereocenters. The molecule has 3 rings (SSSR count). The number of nitrogens with zero attached hydrogens (tertiary/aromatic N) is 1. The van der Waals surface area contributed by atoms with Crippen molar-refractivity contribution in [1.29, 1.82) is 0 Å². The molecule has 138 valence electrons. The van der Waals surface area contributed by atoms with Gasteiger partial charge < -0.3 is 10.1 Å². The maximum atomic E-state index is 13.0. The fourth-order valence-corrected chi connectivity index (χ4v) is 4.06. The lowest BCUT2D eigenvalue weighted by atomic mass is 10.1. The van der Waals surface area contributed by atoms with Crippen molar-refractivity contribution in [3.8, 4) is 0 Å². The minimum absolute atomic E-state index is 0.111. The molecule has 1 fully saturated rings. The molecule has 0 aromatic heterocycles. The van der Waals surface area contributed by atoms with E-state index < -0.39 is 21.7 Å². The number of ether oxygens (including phenoxy) is 1. The van der Waals surface area contributed by atoms with Crippen LogP contribution in [0.5, 0.6) is 0 Å². The van der Waals surface area contributed by atoms with Crippen LogP contribution < -0.4 is 5.32 Å². The van der Waals surface area contributed by atoms with Gasteiger partial charge in [0.1, 0.15) is 5.82 Å². The molecule has 0 bridgehead atoms. The first-order chi connectivity index (χ1) is 12.4. The Kier molecular flexibility index (Phi) is 5.36. The molecule has 1 heterocycles. The third kappa shape index (κ3) is 3.92. The van der Waals surface area contributed by atoms with Gasteiger partial charge in [-0.15, -0.1) is 0 Å². The second kappa shape index (κ2) is 7.53. The first kappa shape index (κ1) is 18.5. The molecule has 1 aliphatic heterocycles. The van der Waals surface area contributed by atoms with E-state index in [0.717, 1.165) is 5.56 Å². The van der Waals surface area contributed by atoms with Gasteiger partial charge in [0.05, 0.1) is 18.1 Å². The van der Waals surface area contributed by atoms with Gasteiger partial charge in [-0.1, -0.05) is 6.07 Å². The van der Waals surface area contributed by atoms with Crippen molar-refractivity contribution in [3.05, 3.63) is 59.4 Å². The highest BCUT2D eigenvalue weighted by Gasteiger charge is 2.26. The summed E-state index contributed by atoms with van der Waals surface area (Å²) in [6, 6.07) is 9.74. The van der Waals surface area contributed by atoms with Crippen molar-refractivity contribution in [3.63, 3.8) is 0 Å². The van der Waals surface area contributed by atoms with Crippen LogP contribution in [0.15, 0.2) is 47.4 Å². The van der Waals surface area contributed by atoms with Gasteiger partial charge in [0.2, 0.25) is 10.0 Å². The molecule has 0 saturated carbocycles. The van der Waals surface area contributed by atoms with Crippen LogP contribution in [0.3, 0.4) is 0 Å². The molecule has 0 aliphatic carbocycles. The summed E-state index contributed by atoms with van der Waals surface area (Å²) in [6.07, 6.45) is 0. The van der Waals surface area contributed by atoms with E-state index >= 15 is 0 Å². The zero-order valence-corrected chi connectivity index (χ0v) is 15.1. The second-order valence-corrected chi connectivity index (χ2v) is 7.89. The van der Waals surface area contributed by atoms with Crippen LogP contribution in [0.4, 0.5) is 10.1 Å². The van der Waals surface area contributed by atoms with Crippen LogP contribution >= 0.6 is 0 Å². The van der Waals surface area contributed by atoms with Gasteiger partial charge in [0, 0.05) is 24.3 Å². The molecule has 2 aromatic carbocycles. The highest BCUT2D eigenvalue weighted by molar-refractivity contribution is 7.89. The van der Waals surface area contributed by atoms with Gasteiger partial charge in [0.25, 0.3) is 5.91 Å². The average molecular weight is 378 g/mol. The summed E-state index contributed by atoms with van der Waals surface area (Å²) in [5.74, 6) is -0.870. The number of hydrogen-bond acceptors (Lipinski definition) is 4. The number of rotatable bonds is 4. The number of hydrogen-bond donors (Lipinski definition) is 1. The number of carbonyl (C=O) groups excluding carboxylic acids is 1. The second-order valence-electron chi connectivity index (χ2n) is 5.95. The lowest BCUT2D eigenvalue weighted by Crippen LogP contribution is -2.40. The summed E-state index contributed by atoms with van der Waals surface area (Å²) >= 11 is 0. The molecular formula is C18H19FN2O4S. The van der Waals surface area contributed by atoms with E-state index in [4.69, 9.17) is 4.74 Å². The zero-order valence-electron chi connectivity index (χ0n) is 14.2. The highest BCUT2D eigenvalue weighted by Crippen LogP contribution is 2.24. The summed E-state index contributed by atoms with van der Waals surface area (Å²) in [4.78, 5) is 12.4. The Morgan fingerprint density at radius 3 is 2.42 bits per heavy atom. The number of morpholine rings is 1. The summed E-state index contributed by atoms with van der Waals surface area (Å²) in [5, 5.41) is 2.69. The Labute approximate surface area is 151 Å². The van der Waals surface area contributed by atoms with Crippen molar-refractivity contribution in [2.45, 2.75) is 11.8 Å². The van der Waals surface area contributed by atoms with Crippen LogP contribution in [0.1, 0.15) is 15.9 Å². The van der Waals surface area contributed by atoms with Crippen LogP contribution in [0, 0.1) is 12.7 Å². The van der Waals surface area contributed by atoms with E-state index in [9.17, 15) is 17.6 Å². The number of halogens is 1. The minimum Gasteiger partial charge on any atom is -0.379 e. The van der Waals surface area contributed by atoms with Crippen molar-refractivity contribution >= 4 is 21.6 Å². The normalized spacial score (nSPS) is 15.6. The van der Waals surface area contributed by atoms with Crippen molar-refractivity contribution in [2.24, 2.45) is 0 Å². The lowest BCUT2D eigenvalue weighted by molar-refractivity contribution is 0.0730. The summed E-state index contributed by atoms with van der Waals surface area (Å²) < 4.78 is 45.1. The number of aryl methyl sites for hydroxylation is 1. The van der Waals surface area contributed by atoms with Crippen molar-refractivity contribution < 1.29 is 22.3 Å². The van der Waals surface area contributed by atoms with Gasteiger partial charge in [-0.3, -0.25) is 4.79 Å². The molecule has 1 amide bonds. The molecule has 1 N–H and O–H groups in total. The van der Waals surface area contributed by atoms with Gasteiger partial charge >= 0.3 is 0 Å². The van der Waals surface area contributed by atoms with E-state index in [1.165, 1.54) is 40.7 Å². The van der Waals surface area contributed by atoms with E-state index in [-0.39, 0.29) is 10.5 Å². The molecule has 1 aliphatic rings. The monoisotopic (exact) mass is 378 g/mol. The molecule has 0 spiro atoms. The van der Waals surface area contributed by atoms with Crippen LogP contribution in [0.2, 0.25) is 0 Å². The summed E-state index contributed by atoms with van der Waals surface area (Å²) in [7, 11) is -3.65. The maximum absolute atomic E-state index is 13.0. The van der Waals surface area contributed by atoms with Gasteiger partial charge in [0.15, 0.2) is 0 Å². The standard InChI is InChI=1S/C18H19FN2O4S/c1-13-2-7-16(26(23,24)21-8-10-25-11-9-21)12-17(13)20-18(22)14-3-5-15(19)6-4-14/h2-7,12H,8-11H2,1H3,(H,20,22). The summed E-state index contributed by atoms with van der Waals surface area (Å²) in [5.41, 5.74) is 1.40. The Balaban J connectivity index is 1.85. The van der Waals surface area contributed by atoms with E-state index in [1.807, 2.05) is 0 Å². The largest absolute Gasteiger partial charge is 0.379 e. The Morgan fingerprint density at radius 2 is 1.77 bits per heavy atom. The molecule has 26 heavy (non-hydrogen) atoms. The van der Waals surface area contributed by atoms with Crippen LogP contribution in [-0.4, -0.2) is 44.9 Å². The van der Waals surface area contributed by atoms with Gasteiger partial charge in [-0.25, -0.2) is 12.8 Å². The number of sulfonamides is 1. The SMILES string of the molecule is Cc1ccc(S(=O)(=O)N2CCOCC2)cc1NC(=O)c1ccc(F)cc1. The Bertz CT molecular complexity index is 907. The van der Waals surface area contributed by atoms with Crippen molar-refractivity contribution in [2.75, 3.05) is 31.6 Å².